The average Bonchev–Trinajstić information content (AvgIpc) is 2.85. The van der Waals surface area contributed by atoms with Crippen LogP contribution in [0, 0.1) is 12.7 Å². The van der Waals surface area contributed by atoms with Gasteiger partial charge in [-0.3, -0.25) is 0 Å². The van der Waals surface area contributed by atoms with E-state index in [1.807, 2.05) is 19.9 Å². The van der Waals surface area contributed by atoms with E-state index >= 15 is 0 Å². The number of nitrogens with one attached hydrogen (secondary N) is 1. The zero-order chi connectivity index (χ0) is 13.8. The van der Waals surface area contributed by atoms with E-state index in [0.29, 0.717) is 10.6 Å². The van der Waals surface area contributed by atoms with Gasteiger partial charge in [-0.25, -0.2) is 4.39 Å². The Morgan fingerprint density at radius 2 is 2.16 bits per heavy atom. The number of halogens is 1. The van der Waals surface area contributed by atoms with Gasteiger partial charge in [0.1, 0.15) is 10.8 Å². The summed E-state index contributed by atoms with van der Waals surface area (Å²) in [6, 6.07) is 5.33. The normalized spacial score (nSPS) is 12.6. The molecule has 19 heavy (non-hydrogen) atoms. The second-order valence-corrected chi connectivity index (χ2v) is 5.61. The van der Waals surface area contributed by atoms with Crippen LogP contribution in [0.1, 0.15) is 36.9 Å². The topological polar surface area (TPSA) is 37.8 Å². The molecule has 0 aliphatic rings. The Morgan fingerprint density at radius 3 is 2.84 bits per heavy atom. The van der Waals surface area contributed by atoms with Gasteiger partial charge in [0, 0.05) is 5.56 Å². The summed E-state index contributed by atoms with van der Waals surface area (Å²) in [5.41, 5.74) is 1.43. The summed E-state index contributed by atoms with van der Waals surface area (Å²) in [5.74, 6) is -0.239. The Labute approximate surface area is 116 Å². The molecule has 1 heterocycles. The third-order valence-electron chi connectivity index (χ3n) is 2.87. The van der Waals surface area contributed by atoms with Crippen LogP contribution in [0.4, 0.5) is 4.39 Å². The van der Waals surface area contributed by atoms with E-state index < -0.39 is 0 Å². The van der Waals surface area contributed by atoms with Crippen LogP contribution < -0.4 is 5.32 Å². The van der Waals surface area contributed by atoms with Crippen LogP contribution in [0.3, 0.4) is 0 Å². The highest BCUT2D eigenvalue weighted by molar-refractivity contribution is 7.14. The largest absolute Gasteiger partial charge is 0.308 e. The molecule has 0 bridgehead atoms. The Balaban J connectivity index is 2.20. The molecule has 0 fully saturated rings. The smallest absolute Gasteiger partial charge is 0.150 e. The first-order chi connectivity index (χ1) is 9.11. The summed E-state index contributed by atoms with van der Waals surface area (Å²) in [7, 11) is 0. The van der Waals surface area contributed by atoms with E-state index in [1.165, 1.54) is 17.4 Å². The third kappa shape index (κ3) is 3.36. The number of nitrogens with zero attached hydrogens (tertiary/aromatic N) is 2. The van der Waals surface area contributed by atoms with Crippen molar-refractivity contribution in [2.75, 3.05) is 6.54 Å². The standard InChI is InChI=1S/C14H18FN3S/c1-4-7-16-10(3)13-17-18-14(19-13)11-6-5-9(2)8-12(11)15/h5-6,8,10,16H,4,7H2,1-3H3. The third-order valence-corrected chi connectivity index (χ3v) is 4.01. The Bertz CT molecular complexity index is 553. The van der Waals surface area contributed by atoms with Crippen LogP contribution in [-0.2, 0) is 0 Å². The molecule has 0 amide bonds. The van der Waals surface area contributed by atoms with E-state index in [0.717, 1.165) is 23.5 Å². The summed E-state index contributed by atoms with van der Waals surface area (Å²) in [6.45, 7) is 6.97. The second kappa shape index (κ2) is 6.21. The van der Waals surface area contributed by atoms with Gasteiger partial charge in [0.2, 0.25) is 0 Å². The lowest BCUT2D eigenvalue weighted by molar-refractivity contribution is 0.564. The van der Waals surface area contributed by atoms with Gasteiger partial charge in [0.25, 0.3) is 0 Å². The molecule has 0 aliphatic heterocycles. The minimum atomic E-state index is -0.239. The van der Waals surface area contributed by atoms with Gasteiger partial charge in [-0.15, -0.1) is 10.2 Å². The van der Waals surface area contributed by atoms with E-state index in [-0.39, 0.29) is 11.9 Å². The number of benzene rings is 1. The van der Waals surface area contributed by atoms with E-state index in [4.69, 9.17) is 0 Å². The molecule has 1 unspecified atom stereocenters. The van der Waals surface area contributed by atoms with Crippen molar-refractivity contribution in [1.82, 2.24) is 15.5 Å². The number of aromatic nitrogens is 2. The average molecular weight is 279 g/mol. The van der Waals surface area contributed by atoms with Crippen molar-refractivity contribution < 1.29 is 4.39 Å². The summed E-state index contributed by atoms with van der Waals surface area (Å²) in [6.07, 6.45) is 1.07. The first kappa shape index (κ1) is 14.1. The van der Waals surface area contributed by atoms with Crippen molar-refractivity contribution in [1.29, 1.82) is 0 Å². The molecule has 1 aromatic heterocycles. The number of rotatable bonds is 5. The minimum absolute atomic E-state index is 0.153. The zero-order valence-electron chi connectivity index (χ0n) is 11.4. The number of hydrogen-bond donors (Lipinski definition) is 1. The first-order valence-corrected chi connectivity index (χ1v) is 7.26. The predicted molar refractivity (Wildman–Crippen MR) is 76.7 cm³/mol. The van der Waals surface area contributed by atoms with Gasteiger partial charge < -0.3 is 5.32 Å². The summed E-state index contributed by atoms with van der Waals surface area (Å²) >= 11 is 1.44. The molecule has 1 atom stereocenters. The summed E-state index contributed by atoms with van der Waals surface area (Å²) < 4.78 is 13.9. The molecular weight excluding hydrogens is 261 g/mol. The molecule has 3 nitrogen and oxygen atoms in total. The molecule has 0 saturated carbocycles. The highest BCUT2D eigenvalue weighted by Gasteiger charge is 2.14. The lowest BCUT2D eigenvalue weighted by Gasteiger charge is -2.08. The summed E-state index contributed by atoms with van der Waals surface area (Å²) in [4.78, 5) is 0. The van der Waals surface area contributed by atoms with Crippen molar-refractivity contribution in [3.63, 3.8) is 0 Å². The lowest BCUT2D eigenvalue weighted by Crippen LogP contribution is -2.18. The van der Waals surface area contributed by atoms with Gasteiger partial charge in [-0.2, -0.15) is 0 Å². The van der Waals surface area contributed by atoms with E-state index in [1.54, 1.807) is 6.07 Å². The fraction of sp³-hybridized carbons (Fsp3) is 0.429. The maximum atomic E-state index is 13.9. The molecule has 1 aromatic carbocycles. The Morgan fingerprint density at radius 1 is 1.37 bits per heavy atom. The van der Waals surface area contributed by atoms with Gasteiger partial charge in [-0.05, 0) is 44.5 Å². The van der Waals surface area contributed by atoms with E-state index in [9.17, 15) is 4.39 Å². The predicted octanol–water partition coefficient (Wildman–Crippen LogP) is 3.71. The zero-order valence-corrected chi connectivity index (χ0v) is 12.2. The van der Waals surface area contributed by atoms with Crippen molar-refractivity contribution in [2.45, 2.75) is 33.2 Å². The molecular formula is C14H18FN3S. The van der Waals surface area contributed by atoms with Crippen molar-refractivity contribution in [2.24, 2.45) is 0 Å². The highest BCUT2D eigenvalue weighted by Crippen LogP contribution is 2.29. The van der Waals surface area contributed by atoms with Crippen LogP contribution in [0.15, 0.2) is 18.2 Å². The molecule has 2 rings (SSSR count). The molecule has 1 N–H and O–H groups in total. The molecule has 2 aromatic rings. The van der Waals surface area contributed by atoms with Crippen LogP contribution in [0.2, 0.25) is 0 Å². The number of hydrogen-bond acceptors (Lipinski definition) is 4. The number of aryl methyl sites for hydroxylation is 1. The molecule has 5 heteroatoms. The fourth-order valence-corrected chi connectivity index (χ4v) is 2.66. The Hall–Kier alpha value is -1.33. The van der Waals surface area contributed by atoms with Gasteiger partial charge in [0.05, 0.1) is 6.04 Å². The van der Waals surface area contributed by atoms with Crippen molar-refractivity contribution >= 4 is 11.3 Å². The maximum Gasteiger partial charge on any atom is 0.150 e. The highest BCUT2D eigenvalue weighted by atomic mass is 32.1. The fourth-order valence-electron chi connectivity index (χ4n) is 1.76. The lowest BCUT2D eigenvalue weighted by atomic mass is 10.1. The van der Waals surface area contributed by atoms with Gasteiger partial charge in [-0.1, -0.05) is 24.3 Å². The molecule has 0 aliphatic carbocycles. The molecule has 102 valence electrons. The first-order valence-electron chi connectivity index (χ1n) is 6.45. The Kier molecular flexibility index (Phi) is 4.61. The SMILES string of the molecule is CCCNC(C)c1nnc(-c2ccc(C)cc2F)s1. The monoisotopic (exact) mass is 279 g/mol. The van der Waals surface area contributed by atoms with Crippen LogP contribution >= 0.6 is 11.3 Å². The summed E-state index contributed by atoms with van der Waals surface area (Å²) in [5, 5.41) is 13.1. The van der Waals surface area contributed by atoms with Gasteiger partial charge in [0.15, 0.2) is 5.01 Å². The maximum absolute atomic E-state index is 13.9. The van der Waals surface area contributed by atoms with E-state index in [2.05, 4.69) is 22.4 Å². The van der Waals surface area contributed by atoms with Crippen LogP contribution in [-0.4, -0.2) is 16.7 Å². The van der Waals surface area contributed by atoms with Crippen molar-refractivity contribution in [3.8, 4) is 10.6 Å². The molecule has 0 spiro atoms. The van der Waals surface area contributed by atoms with Crippen LogP contribution in [0.5, 0.6) is 0 Å². The minimum Gasteiger partial charge on any atom is -0.308 e. The molecule has 0 radical (unpaired) electrons. The van der Waals surface area contributed by atoms with Crippen molar-refractivity contribution in [3.05, 3.63) is 34.6 Å². The van der Waals surface area contributed by atoms with Gasteiger partial charge >= 0.3 is 0 Å². The quantitative estimate of drug-likeness (QED) is 0.906. The molecule has 0 saturated heterocycles. The van der Waals surface area contributed by atoms with Crippen LogP contribution in [0.25, 0.3) is 10.6 Å². The second-order valence-electron chi connectivity index (χ2n) is 4.60.